The molecule has 0 aromatic carbocycles. The quantitative estimate of drug-likeness (QED) is 0.823. The largest absolute Gasteiger partial charge is 0.394 e. The Kier molecular flexibility index (Phi) is 4.79. The van der Waals surface area contributed by atoms with E-state index < -0.39 is 5.54 Å². The van der Waals surface area contributed by atoms with Crippen LogP contribution in [-0.2, 0) is 11.3 Å². The third-order valence-electron chi connectivity index (χ3n) is 5.91. The SMILES string of the molecule is CCOC1CC(CO)(NC(=O)c2cc3cnn(CC)c3nc2C)C1(C)C. The first-order valence-corrected chi connectivity index (χ1v) is 9.17. The van der Waals surface area contributed by atoms with Gasteiger partial charge in [-0.1, -0.05) is 13.8 Å². The van der Waals surface area contributed by atoms with Crippen molar-refractivity contribution < 1.29 is 14.6 Å². The highest BCUT2D eigenvalue weighted by Crippen LogP contribution is 2.51. The molecule has 3 rings (SSSR count). The van der Waals surface area contributed by atoms with E-state index in [0.29, 0.717) is 24.3 Å². The van der Waals surface area contributed by atoms with Crippen molar-refractivity contribution in [2.75, 3.05) is 13.2 Å². The van der Waals surface area contributed by atoms with Crippen molar-refractivity contribution in [3.05, 3.63) is 23.5 Å². The van der Waals surface area contributed by atoms with Gasteiger partial charge in [0.25, 0.3) is 5.91 Å². The maximum absolute atomic E-state index is 13.0. The average Bonchev–Trinajstić information content (AvgIpc) is 3.01. The van der Waals surface area contributed by atoms with Crippen molar-refractivity contribution in [2.45, 2.75) is 59.2 Å². The second kappa shape index (κ2) is 6.63. The molecule has 2 aromatic rings. The van der Waals surface area contributed by atoms with Crippen LogP contribution in [0.4, 0.5) is 0 Å². The molecule has 0 aliphatic heterocycles. The number of hydrogen-bond donors (Lipinski definition) is 2. The minimum absolute atomic E-state index is 0.0180. The first-order chi connectivity index (χ1) is 12.3. The van der Waals surface area contributed by atoms with E-state index in [1.807, 2.05) is 40.7 Å². The zero-order chi connectivity index (χ0) is 19.1. The van der Waals surface area contributed by atoms with Crippen LogP contribution < -0.4 is 5.32 Å². The van der Waals surface area contributed by atoms with Crippen LogP contribution in [-0.4, -0.2) is 50.6 Å². The summed E-state index contributed by atoms with van der Waals surface area (Å²) < 4.78 is 7.55. The van der Waals surface area contributed by atoms with E-state index in [-0.39, 0.29) is 24.0 Å². The molecule has 0 bridgehead atoms. The van der Waals surface area contributed by atoms with E-state index in [1.54, 1.807) is 10.9 Å². The Labute approximate surface area is 153 Å². The number of carbonyl (C=O) groups is 1. The molecule has 2 unspecified atom stereocenters. The summed E-state index contributed by atoms with van der Waals surface area (Å²) in [5, 5.41) is 18.2. The molecule has 1 aliphatic rings. The first kappa shape index (κ1) is 18.8. The highest BCUT2D eigenvalue weighted by Gasteiger charge is 2.61. The van der Waals surface area contributed by atoms with Crippen molar-refractivity contribution in [2.24, 2.45) is 5.41 Å². The molecule has 2 aromatic heterocycles. The Bertz CT molecular complexity index is 830. The van der Waals surface area contributed by atoms with Gasteiger partial charge in [0.05, 0.1) is 35.7 Å². The van der Waals surface area contributed by atoms with Gasteiger partial charge in [-0.2, -0.15) is 5.10 Å². The van der Waals surface area contributed by atoms with Gasteiger partial charge in [0.2, 0.25) is 0 Å². The Balaban J connectivity index is 1.88. The smallest absolute Gasteiger partial charge is 0.253 e. The number of nitrogens with zero attached hydrogens (tertiary/aromatic N) is 3. The summed E-state index contributed by atoms with van der Waals surface area (Å²) in [5.74, 6) is -0.224. The predicted octanol–water partition coefficient (Wildman–Crippen LogP) is 2.06. The molecule has 1 saturated carbocycles. The lowest BCUT2D eigenvalue weighted by atomic mass is 9.54. The van der Waals surface area contributed by atoms with Gasteiger partial charge in [0.1, 0.15) is 0 Å². The number of carbonyl (C=O) groups excluding carboxylic acids is 1. The van der Waals surface area contributed by atoms with Gasteiger partial charge < -0.3 is 15.2 Å². The second-order valence-corrected chi connectivity index (χ2v) is 7.56. The van der Waals surface area contributed by atoms with E-state index in [4.69, 9.17) is 4.74 Å². The Morgan fingerprint density at radius 1 is 1.46 bits per heavy atom. The number of fused-ring (bicyclic) bond motifs is 1. The third kappa shape index (κ3) is 2.70. The standard InChI is InChI=1S/C19H28N4O3/c1-6-23-16-13(10-20-23)8-14(12(3)21-16)17(25)22-19(11-24)9-15(26-7-2)18(19,4)5/h8,10,15,24H,6-7,9,11H2,1-5H3,(H,22,25). The molecule has 7 heteroatoms. The van der Waals surface area contributed by atoms with Crippen LogP contribution in [0.25, 0.3) is 11.0 Å². The fraction of sp³-hybridized carbons (Fsp3) is 0.632. The van der Waals surface area contributed by atoms with E-state index in [9.17, 15) is 9.90 Å². The van der Waals surface area contributed by atoms with Gasteiger partial charge in [-0.25, -0.2) is 9.67 Å². The van der Waals surface area contributed by atoms with Crippen LogP contribution in [0.5, 0.6) is 0 Å². The molecular formula is C19H28N4O3. The summed E-state index contributed by atoms with van der Waals surface area (Å²) in [5.41, 5.74) is 0.887. The molecule has 0 radical (unpaired) electrons. The highest BCUT2D eigenvalue weighted by atomic mass is 16.5. The molecule has 2 N–H and O–H groups in total. The fourth-order valence-electron chi connectivity index (χ4n) is 3.84. The molecule has 0 spiro atoms. The number of pyridine rings is 1. The number of amides is 1. The summed E-state index contributed by atoms with van der Waals surface area (Å²) in [6.45, 7) is 11.0. The minimum atomic E-state index is -0.696. The van der Waals surface area contributed by atoms with Gasteiger partial charge in [-0.15, -0.1) is 0 Å². The Morgan fingerprint density at radius 2 is 2.19 bits per heavy atom. The summed E-state index contributed by atoms with van der Waals surface area (Å²) >= 11 is 0. The van der Waals surface area contributed by atoms with Crippen molar-refractivity contribution >= 4 is 16.9 Å². The van der Waals surface area contributed by atoms with Crippen LogP contribution in [0, 0.1) is 12.3 Å². The molecule has 7 nitrogen and oxygen atoms in total. The number of nitrogens with one attached hydrogen (secondary N) is 1. The van der Waals surface area contributed by atoms with Crippen molar-refractivity contribution in [1.82, 2.24) is 20.1 Å². The number of hydrogen-bond acceptors (Lipinski definition) is 5. The normalized spacial score (nSPS) is 24.5. The fourth-order valence-corrected chi connectivity index (χ4v) is 3.84. The van der Waals surface area contributed by atoms with Crippen LogP contribution in [0.2, 0.25) is 0 Å². The average molecular weight is 360 g/mol. The molecule has 1 amide bonds. The van der Waals surface area contributed by atoms with Crippen LogP contribution in [0.1, 0.15) is 50.2 Å². The zero-order valence-electron chi connectivity index (χ0n) is 16.2. The highest BCUT2D eigenvalue weighted by molar-refractivity contribution is 5.98. The Morgan fingerprint density at radius 3 is 2.77 bits per heavy atom. The van der Waals surface area contributed by atoms with E-state index >= 15 is 0 Å². The van der Waals surface area contributed by atoms with Gasteiger partial charge in [-0.3, -0.25) is 4.79 Å². The van der Waals surface area contributed by atoms with E-state index in [1.165, 1.54) is 0 Å². The molecule has 0 saturated heterocycles. The summed E-state index contributed by atoms with van der Waals surface area (Å²) in [6, 6.07) is 1.82. The van der Waals surface area contributed by atoms with Gasteiger partial charge in [0, 0.05) is 30.4 Å². The van der Waals surface area contributed by atoms with Crippen molar-refractivity contribution in [1.29, 1.82) is 0 Å². The molecule has 2 atom stereocenters. The lowest BCUT2D eigenvalue weighted by Gasteiger charge is -2.60. The molecule has 2 heterocycles. The monoisotopic (exact) mass is 360 g/mol. The number of rotatable bonds is 6. The number of aromatic nitrogens is 3. The van der Waals surface area contributed by atoms with Gasteiger partial charge >= 0.3 is 0 Å². The Hall–Kier alpha value is -1.99. The summed E-state index contributed by atoms with van der Waals surface area (Å²) in [6.07, 6.45) is 2.34. The van der Waals surface area contributed by atoms with E-state index in [2.05, 4.69) is 15.4 Å². The molecule has 1 fully saturated rings. The lowest BCUT2D eigenvalue weighted by molar-refractivity contribution is -0.172. The molecule has 26 heavy (non-hydrogen) atoms. The van der Waals surface area contributed by atoms with Gasteiger partial charge in [0.15, 0.2) is 5.65 Å². The maximum atomic E-state index is 13.0. The molecule has 142 valence electrons. The lowest BCUT2D eigenvalue weighted by Crippen LogP contribution is -2.74. The number of aliphatic hydroxyl groups is 1. The van der Waals surface area contributed by atoms with Crippen molar-refractivity contribution in [3.63, 3.8) is 0 Å². The topological polar surface area (TPSA) is 89.3 Å². The van der Waals surface area contributed by atoms with E-state index in [0.717, 1.165) is 17.6 Å². The molecular weight excluding hydrogens is 332 g/mol. The number of ether oxygens (including phenoxy) is 1. The van der Waals surface area contributed by atoms with Crippen LogP contribution in [0.3, 0.4) is 0 Å². The van der Waals surface area contributed by atoms with Crippen LogP contribution >= 0.6 is 0 Å². The number of aliphatic hydroxyl groups excluding tert-OH is 1. The molecule has 1 aliphatic carbocycles. The first-order valence-electron chi connectivity index (χ1n) is 9.17. The van der Waals surface area contributed by atoms with Crippen LogP contribution in [0.15, 0.2) is 12.3 Å². The summed E-state index contributed by atoms with van der Waals surface area (Å²) in [7, 11) is 0. The third-order valence-corrected chi connectivity index (χ3v) is 5.91. The summed E-state index contributed by atoms with van der Waals surface area (Å²) in [4.78, 5) is 17.5. The number of aryl methyl sites for hydroxylation is 2. The zero-order valence-corrected chi connectivity index (χ0v) is 16.2. The van der Waals surface area contributed by atoms with Crippen molar-refractivity contribution in [3.8, 4) is 0 Å². The maximum Gasteiger partial charge on any atom is 0.253 e. The minimum Gasteiger partial charge on any atom is -0.394 e. The second-order valence-electron chi connectivity index (χ2n) is 7.56. The van der Waals surface area contributed by atoms with Gasteiger partial charge in [-0.05, 0) is 26.8 Å². The predicted molar refractivity (Wildman–Crippen MR) is 99.0 cm³/mol.